The second-order valence-electron chi connectivity index (χ2n) is 6.43. The Kier molecular flexibility index (Phi) is 3.44. The maximum Gasteiger partial charge on any atom is 0.250 e. The molecule has 1 aromatic rings. The number of allylic oxidation sites excluding steroid dienone is 1. The number of hydrogen-bond donors (Lipinski definition) is 1. The molecule has 1 heterocycles. The Hall–Kier alpha value is -2.28. The molecule has 2 aliphatic rings. The van der Waals surface area contributed by atoms with Crippen LogP contribution in [0.1, 0.15) is 37.3 Å². The van der Waals surface area contributed by atoms with E-state index < -0.39 is 5.41 Å². The summed E-state index contributed by atoms with van der Waals surface area (Å²) in [6.45, 7) is 4.01. The first kappa shape index (κ1) is 14.6. The van der Waals surface area contributed by atoms with Crippen LogP contribution in [0, 0.1) is 18.3 Å². The van der Waals surface area contributed by atoms with Gasteiger partial charge in [0.2, 0.25) is 0 Å². The van der Waals surface area contributed by atoms with Gasteiger partial charge in [-0.25, -0.2) is 0 Å². The molecule has 1 aliphatic carbocycles. The molecule has 0 radical (unpaired) electrons. The molecule has 0 fully saturated rings. The second kappa shape index (κ2) is 5.17. The lowest BCUT2D eigenvalue weighted by Gasteiger charge is -2.42. The number of carbonyl (C=O) groups is 1. The van der Waals surface area contributed by atoms with Gasteiger partial charge in [-0.1, -0.05) is 29.8 Å². The molecule has 0 aromatic heterocycles. The van der Waals surface area contributed by atoms with Crippen molar-refractivity contribution in [3.8, 4) is 6.07 Å². The minimum atomic E-state index is -0.594. The maximum absolute atomic E-state index is 12.4. The van der Waals surface area contributed by atoms with E-state index in [1.807, 2.05) is 39.1 Å². The fourth-order valence-electron chi connectivity index (χ4n) is 3.53. The van der Waals surface area contributed by atoms with E-state index in [2.05, 4.69) is 22.4 Å². The molecular weight excluding hydrogens is 274 g/mol. The number of aryl methyl sites for hydroxylation is 1. The van der Waals surface area contributed by atoms with Crippen molar-refractivity contribution >= 4 is 5.91 Å². The van der Waals surface area contributed by atoms with Crippen LogP contribution in [0.25, 0.3) is 0 Å². The van der Waals surface area contributed by atoms with Crippen molar-refractivity contribution < 1.29 is 4.79 Å². The van der Waals surface area contributed by atoms with Crippen LogP contribution in [0.15, 0.2) is 35.5 Å². The summed E-state index contributed by atoms with van der Waals surface area (Å²) in [5, 5.41) is 12.8. The molecule has 22 heavy (non-hydrogen) atoms. The summed E-state index contributed by atoms with van der Waals surface area (Å²) in [4.78, 5) is 14.5. The summed E-state index contributed by atoms with van der Waals surface area (Å²) in [5.74, 6) is -0.0208. The fraction of sp³-hybridized carbons (Fsp3) is 0.444. The van der Waals surface area contributed by atoms with Gasteiger partial charge in [-0.15, -0.1) is 0 Å². The number of nitrogens with zero attached hydrogens (tertiary/aromatic N) is 2. The zero-order valence-corrected chi connectivity index (χ0v) is 13.3. The lowest BCUT2D eigenvalue weighted by Crippen LogP contribution is -2.52. The standard InChI is InChI=1S/C18H21N3O/c1-12-5-4-6-14(9-12)18(11-19)8-7-16-15(10-18)17(22)20-13(2)21(16)3/h4-6,9,13H,7-8,10H2,1-3H3,(H,20,22). The zero-order valence-electron chi connectivity index (χ0n) is 13.3. The average molecular weight is 295 g/mol. The third-order valence-electron chi connectivity index (χ3n) is 5.02. The summed E-state index contributed by atoms with van der Waals surface area (Å²) in [6, 6.07) is 10.6. The third kappa shape index (κ3) is 2.18. The van der Waals surface area contributed by atoms with E-state index >= 15 is 0 Å². The Morgan fingerprint density at radius 1 is 1.45 bits per heavy atom. The maximum atomic E-state index is 12.4. The lowest BCUT2D eigenvalue weighted by molar-refractivity contribution is -0.120. The Balaban J connectivity index is 2.04. The van der Waals surface area contributed by atoms with Gasteiger partial charge >= 0.3 is 0 Å². The molecule has 1 aliphatic heterocycles. The molecule has 2 unspecified atom stereocenters. The van der Waals surface area contributed by atoms with Crippen molar-refractivity contribution in [2.24, 2.45) is 0 Å². The van der Waals surface area contributed by atoms with Gasteiger partial charge in [0, 0.05) is 24.7 Å². The van der Waals surface area contributed by atoms with Crippen LogP contribution in [0.4, 0.5) is 0 Å². The first-order valence-corrected chi connectivity index (χ1v) is 7.71. The molecule has 4 nitrogen and oxygen atoms in total. The van der Waals surface area contributed by atoms with E-state index in [-0.39, 0.29) is 12.1 Å². The molecule has 114 valence electrons. The highest BCUT2D eigenvalue weighted by Gasteiger charge is 2.42. The topological polar surface area (TPSA) is 56.1 Å². The molecule has 2 atom stereocenters. The van der Waals surface area contributed by atoms with Gasteiger partial charge in [-0.3, -0.25) is 4.79 Å². The summed E-state index contributed by atoms with van der Waals surface area (Å²) < 4.78 is 0. The Morgan fingerprint density at radius 3 is 2.91 bits per heavy atom. The van der Waals surface area contributed by atoms with Crippen molar-refractivity contribution in [1.82, 2.24) is 10.2 Å². The van der Waals surface area contributed by atoms with E-state index in [1.54, 1.807) is 0 Å². The molecule has 0 saturated heterocycles. The molecule has 3 rings (SSSR count). The lowest BCUT2D eigenvalue weighted by atomic mass is 9.68. The number of nitriles is 1. The van der Waals surface area contributed by atoms with Gasteiger partial charge in [0.1, 0.15) is 0 Å². The van der Waals surface area contributed by atoms with Crippen molar-refractivity contribution in [2.75, 3.05) is 7.05 Å². The largest absolute Gasteiger partial charge is 0.358 e. The molecule has 4 heteroatoms. The fourth-order valence-corrected chi connectivity index (χ4v) is 3.53. The van der Waals surface area contributed by atoms with Gasteiger partial charge in [0.25, 0.3) is 5.91 Å². The second-order valence-corrected chi connectivity index (χ2v) is 6.43. The van der Waals surface area contributed by atoms with Crippen molar-refractivity contribution in [3.05, 3.63) is 46.7 Å². The predicted octanol–water partition coefficient (Wildman–Crippen LogP) is 2.60. The summed E-state index contributed by atoms with van der Waals surface area (Å²) in [5.41, 5.74) is 3.44. The highest BCUT2D eigenvalue weighted by molar-refractivity contribution is 5.95. The summed E-state index contributed by atoms with van der Waals surface area (Å²) >= 11 is 0. The highest BCUT2D eigenvalue weighted by Crippen LogP contribution is 2.43. The highest BCUT2D eigenvalue weighted by atomic mass is 16.2. The molecular formula is C18H21N3O. The summed E-state index contributed by atoms with van der Waals surface area (Å²) in [6.07, 6.45) is 2.03. The molecule has 1 amide bonds. The van der Waals surface area contributed by atoms with Gasteiger partial charge in [0.05, 0.1) is 17.6 Å². The van der Waals surface area contributed by atoms with Crippen molar-refractivity contribution in [3.63, 3.8) is 0 Å². The number of rotatable bonds is 1. The smallest absolute Gasteiger partial charge is 0.250 e. The van der Waals surface area contributed by atoms with E-state index in [0.29, 0.717) is 6.42 Å². The third-order valence-corrected chi connectivity index (χ3v) is 5.02. The molecule has 0 spiro atoms. The van der Waals surface area contributed by atoms with Gasteiger partial charge in [0.15, 0.2) is 0 Å². The number of amides is 1. The monoisotopic (exact) mass is 295 g/mol. The van der Waals surface area contributed by atoms with E-state index in [0.717, 1.165) is 35.2 Å². The van der Waals surface area contributed by atoms with Crippen LogP contribution in [-0.2, 0) is 10.2 Å². The Bertz CT molecular complexity index is 701. The molecule has 1 N–H and O–H groups in total. The quantitative estimate of drug-likeness (QED) is 0.866. The first-order valence-electron chi connectivity index (χ1n) is 7.71. The van der Waals surface area contributed by atoms with E-state index in [1.165, 1.54) is 0 Å². The van der Waals surface area contributed by atoms with Gasteiger partial charge < -0.3 is 10.2 Å². The van der Waals surface area contributed by atoms with Gasteiger partial charge in [-0.2, -0.15) is 5.26 Å². The SMILES string of the molecule is Cc1cccc(C2(C#N)CCC3=C(C2)C(=O)NC(C)N3C)c1. The normalized spacial score (nSPS) is 28.0. The summed E-state index contributed by atoms with van der Waals surface area (Å²) in [7, 11) is 2.01. The van der Waals surface area contributed by atoms with Crippen molar-refractivity contribution in [2.45, 2.75) is 44.7 Å². The van der Waals surface area contributed by atoms with E-state index in [4.69, 9.17) is 0 Å². The van der Waals surface area contributed by atoms with Gasteiger partial charge in [-0.05, 0) is 32.3 Å². The Morgan fingerprint density at radius 2 is 2.23 bits per heavy atom. The molecule has 0 saturated carbocycles. The number of hydrogen-bond acceptors (Lipinski definition) is 3. The predicted molar refractivity (Wildman–Crippen MR) is 84.7 cm³/mol. The Labute approximate surface area is 131 Å². The first-order chi connectivity index (χ1) is 10.5. The van der Waals surface area contributed by atoms with Crippen LogP contribution in [0.2, 0.25) is 0 Å². The number of benzene rings is 1. The van der Waals surface area contributed by atoms with Crippen LogP contribution in [-0.4, -0.2) is 24.0 Å². The molecule has 1 aromatic carbocycles. The van der Waals surface area contributed by atoms with Crippen LogP contribution in [0.5, 0.6) is 0 Å². The minimum absolute atomic E-state index is 0.0137. The zero-order chi connectivity index (χ0) is 15.9. The molecule has 0 bridgehead atoms. The van der Waals surface area contributed by atoms with E-state index in [9.17, 15) is 10.1 Å². The number of carbonyl (C=O) groups excluding carboxylic acids is 1. The minimum Gasteiger partial charge on any atom is -0.358 e. The van der Waals surface area contributed by atoms with Crippen LogP contribution < -0.4 is 5.32 Å². The number of nitrogens with one attached hydrogen (secondary N) is 1. The van der Waals surface area contributed by atoms with Crippen LogP contribution in [0.3, 0.4) is 0 Å². The average Bonchev–Trinajstić information content (AvgIpc) is 2.52. The van der Waals surface area contributed by atoms with Crippen LogP contribution >= 0.6 is 0 Å². The van der Waals surface area contributed by atoms with Crippen molar-refractivity contribution in [1.29, 1.82) is 5.26 Å².